The topological polar surface area (TPSA) is 45.1 Å². The Kier molecular flexibility index (Phi) is 3.34. The molecule has 0 aliphatic heterocycles. The molecule has 0 heterocycles. The Hall–Kier alpha value is -1.71. The molecule has 0 saturated carbocycles. The number of hydrogen-bond acceptors (Lipinski definition) is 4. The zero-order valence-corrected chi connectivity index (χ0v) is 8.56. The van der Waals surface area contributed by atoms with Crippen LogP contribution in [0.4, 0.5) is 0 Å². The van der Waals surface area contributed by atoms with Gasteiger partial charge in [0.05, 0.1) is 13.3 Å². The van der Waals surface area contributed by atoms with Crippen molar-refractivity contribution in [2.45, 2.75) is 0 Å². The minimum atomic E-state index is 0.112. The van der Waals surface area contributed by atoms with Crippen LogP contribution in [0, 0.1) is 0 Å². The zero-order chi connectivity index (χ0) is 10.6. The molecule has 0 atom stereocenters. The summed E-state index contributed by atoms with van der Waals surface area (Å²) in [5.74, 6) is 0.563. The molecule has 1 aromatic rings. The molecule has 0 fully saturated rings. The second-order valence-corrected chi connectivity index (χ2v) is 2.99. The Bertz CT molecular complexity index is 335. The summed E-state index contributed by atoms with van der Waals surface area (Å²) in [6, 6.07) is 5.27. The van der Waals surface area contributed by atoms with Crippen molar-refractivity contribution >= 4 is 6.21 Å². The van der Waals surface area contributed by atoms with E-state index < -0.39 is 0 Å². The molecule has 76 valence electrons. The van der Waals surface area contributed by atoms with Gasteiger partial charge < -0.3 is 14.9 Å². The summed E-state index contributed by atoms with van der Waals surface area (Å²) >= 11 is 0. The summed E-state index contributed by atoms with van der Waals surface area (Å²) < 4.78 is 4.97. The monoisotopic (exact) mass is 194 g/mol. The van der Waals surface area contributed by atoms with Crippen LogP contribution in [0.3, 0.4) is 0 Å². The molecular weight excluding hydrogens is 180 g/mol. The van der Waals surface area contributed by atoms with E-state index in [1.807, 2.05) is 14.1 Å². The highest BCUT2D eigenvalue weighted by Gasteiger charge is 2.04. The van der Waals surface area contributed by atoms with Crippen molar-refractivity contribution in [1.29, 1.82) is 0 Å². The molecule has 4 nitrogen and oxygen atoms in total. The SMILES string of the molecule is COc1cccc(/C=N/N(C)C)c1O. The second kappa shape index (κ2) is 4.50. The standard InChI is InChI=1S/C10H14N2O2/c1-12(2)11-7-8-5-4-6-9(14-3)10(8)13/h4-7,13H,1-3H3/b11-7+. The summed E-state index contributed by atoms with van der Waals surface area (Å²) in [5.41, 5.74) is 0.637. The van der Waals surface area contributed by atoms with Crippen LogP contribution in [-0.4, -0.2) is 37.5 Å². The van der Waals surface area contributed by atoms with E-state index in [1.54, 1.807) is 29.4 Å². The quantitative estimate of drug-likeness (QED) is 0.582. The smallest absolute Gasteiger partial charge is 0.166 e. The molecule has 0 aliphatic rings. The fourth-order valence-electron chi connectivity index (χ4n) is 0.986. The van der Waals surface area contributed by atoms with Crippen LogP contribution in [0.2, 0.25) is 0 Å². The van der Waals surface area contributed by atoms with Crippen molar-refractivity contribution in [3.05, 3.63) is 23.8 Å². The van der Waals surface area contributed by atoms with Gasteiger partial charge in [0, 0.05) is 19.7 Å². The van der Waals surface area contributed by atoms with E-state index >= 15 is 0 Å². The van der Waals surface area contributed by atoms with Crippen molar-refractivity contribution in [2.24, 2.45) is 5.10 Å². The van der Waals surface area contributed by atoms with Crippen LogP contribution < -0.4 is 4.74 Å². The lowest BCUT2D eigenvalue weighted by molar-refractivity contribution is 0.373. The number of methoxy groups -OCH3 is 1. The van der Waals surface area contributed by atoms with Gasteiger partial charge in [-0.2, -0.15) is 5.10 Å². The summed E-state index contributed by atoms with van der Waals surface area (Å²) in [7, 11) is 5.14. The van der Waals surface area contributed by atoms with Gasteiger partial charge >= 0.3 is 0 Å². The van der Waals surface area contributed by atoms with Crippen LogP contribution in [-0.2, 0) is 0 Å². The van der Waals surface area contributed by atoms with Crippen LogP contribution in [0.15, 0.2) is 23.3 Å². The number of rotatable bonds is 3. The van der Waals surface area contributed by atoms with E-state index in [2.05, 4.69) is 5.10 Å². The van der Waals surface area contributed by atoms with Gasteiger partial charge in [-0.05, 0) is 12.1 Å². The minimum Gasteiger partial charge on any atom is -0.504 e. The Morgan fingerprint density at radius 1 is 1.43 bits per heavy atom. The van der Waals surface area contributed by atoms with E-state index in [-0.39, 0.29) is 5.75 Å². The van der Waals surface area contributed by atoms with Gasteiger partial charge in [0.25, 0.3) is 0 Å². The zero-order valence-electron chi connectivity index (χ0n) is 8.56. The minimum absolute atomic E-state index is 0.112. The largest absolute Gasteiger partial charge is 0.504 e. The number of phenols is 1. The second-order valence-electron chi connectivity index (χ2n) is 2.99. The summed E-state index contributed by atoms with van der Waals surface area (Å²) in [4.78, 5) is 0. The molecule has 14 heavy (non-hydrogen) atoms. The molecule has 0 bridgehead atoms. The molecule has 0 radical (unpaired) electrons. The first-order valence-corrected chi connectivity index (χ1v) is 4.22. The summed E-state index contributed by atoms with van der Waals surface area (Å²) in [6.45, 7) is 0. The first-order valence-electron chi connectivity index (χ1n) is 4.22. The van der Waals surface area contributed by atoms with Gasteiger partial charge in [-0.1, -0.05) is 6.07 Å². The van der Waals surface area contributed by atoms with Gasteiger partial charge in [-0.25, -0.2) is 0 Å². The molecular formula is C10H14N2O2. The predicted octanol–water partition coefficient (Wildman–Crippen LogP) is 1.30. The maximum Gasteiger partial charge on any atom is 0.166 e. The number of hydrogen-bond donors (Lipinski definition) is 1. The molecule has 0 spiro atoms. The van der Waals surface area contributed by atoms with E-state index in [9.17, 15) is 5.11 Å². The lowest BCUT2D eigenvalue weighted by atomic mass is 10.2. The highest BCUT2D eigenvalue weighted by Crippen LogP contribution is 2.27. The van der Waals surface area contributed by atoms with E-state index in [1.165, 1.54) is 7.11 Å². The van der Waals surface area contributed by atoms with Crippen LogP contribution >= 0.6 is 0 Å². The van der Waals surface area contributed by atoms with E-state index in [4.69, 9.17) is 4.74 Å². The van der Waals surface area contributed by atoms with Gasteiger partial charge in [0.1, 0.15) is 0 Å². The highest BCUT2D eigenvalue weighted by molar-refractivity contribution is 5.84. The number of benzene rings is 1. The molecule has 1 aromatic carbocycles. The first-order chi connectivity index (χ1) is 6.65. The Morgan fingerprint density at radius 2 is 2.14 bits per heavy atom. The molecule has 1 rings (SSSR count). The average Bonchev–Trinajstić information content (AvgIpc) is 2.16. The van der Waals surface area contributed by atoms with Crippen LogP contribution in [0.5, 0.6) is 11.5 Å². The van der Waals surface area contributed by atoms with E-state index in [0.29, 0.717) is 11.3 Å². The molecule has 0 aliphatic carbocycles. The third-order valence-electron chi connectivity index (χ3n) is 1.68. The predicted molar refractivity (Wildman–Crippen MR) is 55.9 cm³/mol. The lowest BCUT2D eigenvalue weighted by Crippen LogP contribution is -2.02. The maximum atomic E-state index is 9.67. The summed E-state index contributed by atoms with van der Waals surface area (Å²) in [5, 5.41) is 15.3. The Labute approximate surface area is 83.4 Å². The highest BCUT2D eigenvalue weighted by atomic mass is 16.5. The average molecular weight is 194 g/mol. The van der Waals surface area contributed by atoms with E-state index in [0.717, 1.165) is 0 Å². The summed E-state index contributed by atoms with van der Waals surface area (Å²) in [6.07, 6.45) is 1.58. The number of ether oxygens (including phenoxy) is 1. The van der Waals surface area contributed by atoms with Gasteiger partial charge in [-0.3, -0.25) is 0 Å². The van der Waals surface area contributed by atoms with Crippen LogP contribution in [0.1, 0.15) is 5.56 Å². The van der Waals surface area contributed by atoms with Crippen molar-refractivity contribution < 1.29 is 9.84 Å². The third-order valence-corrected chi connectivity index (χ3v) is 1.68. The van der Waals surface area contributed by atoms with Gasteiger partial charge in [0.15, 0.2) is 11.5 Å². The van der Waals surface area contributed by atoms with Crippen molar-refractivity contribution in [2.75, 3.05) is 21.2 Å². The van der Waals surface area contributed by atoms with Crippen molar-refractivity contribution in [3.8, 4) is 11.5 Å². The van der Waals surface area contributed by atoms with Crippen molar-refractivity contribution in [3.63, 3.8) is 0 Å². The molecule has 0 aromatic heterocycles. The van der Waals surface area contributed by atoms with Crippen molar-refractivity contribution in [1.82, 2.24) is 5.01 Å². The fourth-order valence-corrected chi connectivity index (χ4v) is 0.986. The molecule has 4 heteroatoms. The molecule has 0 saturated heterocycles. The number of hydrazone groups is 1. The van der Waals surface area contributed by atoms with Gasteiger partial charge in [-0.15, -0.1) is 0 Å². The normalized spacial score (nSPS) is 10.5. The molecule has 0 unspecified atom stereocenters. The third kappa shape index (κ3) is 2.39. The number of phenolic OH excluding ortho intramolecular Hbond substituents is 1. The lowest BCUT2D eigenvalue weighted by Gasteiger charge is -2.06. The first kappa shape index (κ1) is 10.4. The molecule has 1 N–H and O–H groups in total. The Balaban J connectivity index is 2.98. The number of para-hydroxylation sites is 1. The molecule has 0 amide bonds. The number of aromatic hydroxyl groups is 1. The van der Waals surface area contributed by atoms with Crippen LogP contribution in [0.25, 0.3) is 0 Å². The number of nitrogens with zero attached hydrogens (tertiary/aromatic N) is 2. The fraction of sp³-hybridized carbons (Fsp3) is 0.300. The maximum absolute atomic E-state index is 9.67. The Morgan fingerprint density at radius 3 is 2.71 bits per heavy atom. The van der Waals surface area contributed by atoms with Gasteiger partial charge in [0.2, 0.25) is 0 Å².